The summed E-state index contributed by atoms with van der Waals surface area (Å²) in [6.45, 7) is 4.50. The van der Waals surface area contributed by atoms with E-state index in [0.717, 1.165) is 16.4 Å². The molecule has 3 rings (SSSR count). The van der Waals surface area contributed by atoms with E-state index in [1.54, 1.807) is 0 Å². The molecule has 0 spiro atoms. The van der Waals surface area contributed by atoms with Crippen molar-refractivity contribution < 1.29 is 4.80 Å². The molecule has 0 aliphatic rings. The summed E-state index contributed by atoms with van der Waals surface area (Å²) in [5.41, 5.74) is 1.32. The van der Waals surface area contributed by atoms with Gasteiger partial charge in [0.1, 0.15) is 0 Å². The number of benzene rings is 3. The van der Waals surface area contributed by atoms with Crippen LogP contribution >= 0.6 is 0 Å². The lowest BCUT2D eigenvalue weighted by Crippen LogP contribution is -2.59. The first kappa shape index (κ1) is 17.7. The van der Waals surface area contributed by atoms with Gasteiger partial charge in [0.15, 0.2) is 0 Å². The summed E-state index contributed by atoms with van der Waals surface area (Å²) in [6.07, 6.45) is 0. The summed E-state index contributed by atoms with van der Waals surface area (Å²) in [5.74, 6) is 0.798. The van der Waals surface area contributed by atoms with Gasteiger partial charge in [-0.2, -0.15) is 0 Å². The van der Waals surface area contributed by atoms with Gasteiger partial charge in [-0.25, -0.2) is 0 Å². The summed E-state index contributed by atoms with van der Waals surface area (Å²) in [6, 6.07) is 31.9. The van der Waals surface area contributed by atoms with Gasteiger partial charge in [0.25, 0.3) is 8.32 Å². The highest BCUT2D eigenvalue weighted by Crippen LogP contribution is 2.32. The predicted molar refractivity (Wildman–Crippen MR) is 109 cm³/mol. The molecule has 0 aliphatic carbocycles. The van der Waals surface area contributed by atoms with Crippen molar-refractivity contribution in [3.63, 3.8) is 0 Å². The van der Waals surface area contributed by atoms with Gasteiger partial charge in [0.05, 0.1) is 0 Å². The third-order valence-corrected chi connectivity index (χ3v) is 8.66. The quantitative estimate of drug-likeness (QED) is 0.664. The van der Waals surface area contributed by atoms with Crippen molar-refractivity contribution in [2.24, 2.45) is 5.92 Å². The van der Waals surface area contributed by atoms with Crippen molar-refractivity contribution in [2.75, 3.05) is 0 Å². The Labute approximate surface area is 152 Å². The topological polar surface area (TPSA) is 20.2 Å². The van der Waals surface area contributed by atoms with Crippen LogP contribution in [0.1, 0.15) is 25.3 Å². The summed E-state index contributed by atoms with van der Waals surface area (Å²) >= 11 is 0. The number of rotatable bonds is 6. The lowest BCUT2D eigenvalue weighted by atomic mass is 9.90. The molecular weight excluding hydrogens is 320 g/mol. The summed E-state index contributed by atoms with van der Waals surface area (Å²) in [5, 5.41) is 2.17. The minimum absolute atomic E-state index is 0.332. The molecule has 1 unspecified atom stereocenters. The van der Waals surface area contributed by atoms with Crippen LogP contribution in [0.2, 0.25) is 6.04 Å². The van der Waals surface area contributed by atoms with Gasteiger partial charge in [-0.05, 0) is 33.8 Å². The maximum absolute atomic E-state index is 12.0. The molecule has 0 saturated carbocycles. The lowest BCUT2D eigenvalue weighted by Gasteiger charge is -2.32. The Kier molecular flexibility index (Phi) is 5.52. The van der Waals surface area contributed by atoms with Crippen LogP contribution in [0.3, 0.4) is 0 Å². The summed E-state index contributed by atoms with van der Waals surface area (Å²) in [7, 11) is -2.81. The fourth-order valence-corrected chi connectivity index (χ4v) is 7.22. The van der Waals surface area contributed by atoms with E-state index < -0.39 is 8.32 Å². The van der Waals surface area contributed by atoms with Gasteiger partial charge < -0.3 is 4.80 Å². The molecule has 0 heterocycles. The van der Waals surface area contributed by atoms with Crippen LogP contribution < -0.4 is 10.4 Å². The Hall–Kier alpha value is -2.16. The Morgan fingerprint density at radius 3 is 1.48 bits per heavy atom. The average molecular weight is 347 g/mol. The van der Waals surface area contributed by atoms with Gasteiger partial charge in [-0.1, -0.05) is 105 Å². The molecule has 0 fully saturated rings. The maximum atomic E-state index is 12.0. The molecule has 25 heavy (non-hydrogen) atoms. The molecule has 0 amide bonds. The second-order valence-electron chi connectivity index (χ2n) is 7.06. The van der Waals surface area contributed by atoms with Crippen molar-refractivity contribution in [2.45, 2.75) is 25.8 Å². The zero-order valence-electron chi connectivity index (χ0n) is 15.0. The first-order chi connectivity index (χ1) is 12.1. The van der Waals surface area contributed by atoms with E-state index in [-0.39, 0.29) is 0 Å². The number of hydrogen-bond acceptors (Lipinski definition) is 1. The summed E-state index contributed by atoms with van der Waals surface area (Å²) in [4.78, 5) is 12.0. The smallest absolute Gasteiger partial charge is 0.253 e. The van der Waals surface area contributed by atoms with Crippen LogP contribution in [0.5, 0.6) is 0 Å². The maximum Gasteiger partial charge on any atom is 0.253 e. The molecule has 1 N–H and O–H groups in total. The second-order valence-corrected chi connectivity index (χ2v) is 10.3. The Balaban J connectivity index is 2.06. The largest absolute Gasteiger partial charge is 0.424 e. The number of hydrogen-bond donors (Lipinski definition) is 1. The van der Waals surface area contributed by atoms with Crippen molar-refractivity contribution >= 4 is 18.7 Å². The monoisotopic (exact) mass is 346 g/mol. The molecule has 3 aromatic rings. The average Bonchev–Trinajstić information content (AvgIpc) is 2.68. The van der Waals surface area contributed by atoms with Crippen LogP contribution in [-0.4, -0.2) is 13.1 Å². The fourth-order valence-electron chi connectivity index (χ4n) is 3.59. The fraction of sp³-hybridized carbons (Fsp3) is 0.217. The van der Waals surface area contributed by atoms with Crippen molar-refractivity contribution in [3.8, 4) is 0 Å². The summed E-state index contributed by atoms with van der Waals surface area (Å²) < 4.78 is 0. The standard InChI is InChI=1S/C23H26OSi/c1-19(2)23(20-12-6-3-7-13-20)18-25(24,21-14-8-4-9-15-21)22-16-10-5-11-17-22/h3-17,19,23-24H,18H2,1-2H3. The van der Waals surface area contributed by atoms with Gasteiger partial charge in [0, 0.05) is 0 Å². The zero-order chi connectivity index (χ0) is 17.7. The molecule has 1 atom stereocenters. The van der Waals surface area contributed by atoms with E-state index in [4.69, 9.17) is 0 Å². The molecule has 0 saturated heterocycles. The highest BCUT2D eigenvalue weighted by molar-refractivity contribution is 6.96. The van der Waals surface area contributed by atoms with Gasteiger partial charge in [0.2, 0.25) is 0 Å². The van der Waals surface area contributed by atoms with E-state index in [0.29, 0.717) is 11.8 Å². The lowest BCUT2D eigenvalue weighted by molar-refractivity contribution is 0.492. The highest BCUT2D eigenvalue weighted by atomic mass is 28.4. The third-order valence-electron chi connectivity index (χ3n) is 5.05. The van der Waals surface area contributed by atoms with E-state index >= 15 is 0 Å². The van der Waals surface area contributed by atoms with Gasteiger partial charge in [-0.3, -0.25) is 0 Å². The van der Waals surface area contributed by atoms with Crippen molar-refractivity contribution in [1.29, 1.82) is 0 Å². The van der Waals surface area contributed by atoms with Crippen LogP contribution in [0.15, 0.2) is 91.0 Å². The molecule has 2 heteroatoms. The van der Waals surface area contributed by atoms with Crippen LogP contribution in [-0.2, 0) is 0 Å². The second kappa shape index (κ2) is 7.81. The van der Waals surface area contributed by atoms with Crippen LogP contribution in [0, 0.1) is 5.92 Å². The molecule has 1 nitrogen and oxygen atoms in total. The zero-order valence-corrected chi connectivity index (χ0v) is 16.0. The highest BCUT2D eigenvalue weighted by Gasteiger charge is 2.39. The van der Waals surface area contributed by atoms with E-state index in [9.17, 15) is 4.80 Å². The normalized spacial score (nSPS) is 13.0. The molecule has 0 aromatic heterocycles. The molecule has 0 aliphatic heterocycles. The Morgan fingerprint density at radius 1 is 0.680 bits per heavy atom. The molecule has 128 valence electrons. The molecule has 0 bridgehead atoms. The first-order valence-corrected chi connectivity index (χ1v) is 11.1. The Bertz CT molecular complexity index is 729. The predicted octanol–water partition coefficient (Wildman–Crippen LogP) is 4.18. The molecule has 0 radical (unpaired) electrons. The minimum atomic E-state index is -2.81. The van der Waals surface area contributed by atoms with Crippen molar-refractivity contribution in [1.82, 2.24) is 0 Å². The van der Waals surface area contributed by atoms with Crippen LogP contribution in [0.4, 0.5) is 0 Å². The van der Waals surface area contributed by atoms with Gasteiger partial charge >= 0.3 is 0 Å². The van der Waals surface area contributed by atoms with E-state index in [2.05, 4.69) is 68.4 Å². The minimum Gasteiger partial charge on any atom is -0.424 e. The SMILES string of the molecule is CC(C)C(C[Si](O)(c1ccccc1)c1ccccc1)c1ccccc1. The molecular formula is C23H26OSi. The molecule has 3 aromatic carbocycles. The van der Waals surface area contributed by atoms with Crippen molar-refractivity contribution in [3.05, 3.63) is 96.6 Å². The van der Waals surface area contributed by atoms with E-state index in [1.807, 2.05) is 36.4 Å². The van der Waals surface area contributed by atoms with E-state index in [1.165, 1.54) is 5.56 Å². The first-order valence-electron chi connectivity index (χ1n) is 8.99. The van der Waals surface area contributed by atoms with Crippen LogP contribution in [0.25, 0.3) is 0 Å². The van der Waals surface area contributed by atoms with Gasteiger partial charge in [-0.15, -0.1) is 0 Å². The Morgan fingerprint density at radius 2 is 1.08 bits per heavy atom. The third kappa shape index (κ3) is 3.92.